The Labute approximate surface area is 180 Å². The van der Waals surface area contributed by atoms with Crippen molar-refractivity contribution in [3.63, 3.8) is 0 Å². The highest BCUT2D eigenvalue weighted by Gasteiger charge is 2.45. The molecule has 0 saturated heterocycles. The molecule has 1 aliphatic carbocycles. The highest BCUT2D eigenvalue weighted by atomic mass is 16.5. The average Bonchev–Trinajstić information content (AvgIpc) is 2.66. The van der Waals surface area contributed by atoms with Crippen LogP contribution in [0.1, 0.15) is 44.4 Å². The normalized spacial score (nSPS) is 15.3. The third kappa shape index (κ3) is 5.17. The van der Waals surface area contributed by atoms with E-state index in [1.165, 1.54) is 0 Å². The van der Waals surface area contributed by atoms with Gasteiger partial charge in [0, 0.05) is 29.6 Å². The van der Waals surface area contributed by atoms with E-state index in [0.29, 0.717) is 24.4 Å². The number of rotatable bonds is 7. The van der Waals surface area contributed by atoms with Crippen LogP contribution in [0.4, 0.5) is 0 Å². The zero-order valence-corrected chi connectivity index (χ0v) is 17.9. The second-order valence-electron chi connectivity index (χ2n) is 7.97. The van der Waals surface area contributed by atoms with Crippen molar-refractivity contribution in [2.75, 3.05) is 6.61 Å². The lowest BCUT2D eigenvalue weighted by Crippen LogP contribution is -2.43. The third-order valence-electron chi connectivity index (χ3n) is 5.25. The lowest BCUT2D eigenvalue weighted by Gasteiger charge is -2.36. The predicted octanol–water partition coefficient (Wildman–Crippen LogP) is 3.15. The Morgan fingerprint density at radius 3 is 2.58 bits per heavy atom. The fraction of sp³-hybridized carbons (Fsp3) is 0.409. The fourth-order valence-corrected chi connectivity index (χ4v) is 3.27. The maximum absolute atomic E-state index is 11.5. The average molecular weight is 425 g/mol. The van der Waals surface area contributed by atoms with Crippen LogP contribution in [0.15, 0.2) is 35.6 Å². The summed E-state index contributed by atoms with van der Waals surface area (Å²) in [5.41, 5.74) is 8.19. The first-order chi connectivity index (χ1) is 14.7. The van der Waals surface area contributed by atoms with Crippen LogP contribution in [0.3, 0.4) is 0 Å². The molecule has 1 aliphatic rings. The van der Waals surface area contributed by atoms with Crippen molar-refractivity contribution >= 4 is 17.8 Å². The van der Waals surface area contributed by atoms with Crippen molar-refractivity contribution < 1.29 is 19.4 Å². The maximum Gasteiger partial charge on any atom is 0.313 e. The topological polar surface area (TPSA) is 144 Å². The predicted molar refractivity (Wildman–Crippen MR) is 116 cm³/mol. The minimum atomic E-state index is -0.813. The van der Waals surface area contributed by atoms with E-state index in [0.717, 1.165) is 23.1 Å². The summed E-state index contributed by atoms with van der Waals surface area (Å²) in [6.07, 6.45) is 5.35. The first-order valence-electron chi connectivity index (χ1n) is 10.1. The number of amidine groups is 2. The van der Waals surface area contributed by atoms with E-state index in [9.17, 15) is 9.90 Å². The summed E-state index contributed by atoms with van der Waals surface area (Å²) in [5.74, 6) is -0.315. The SMILES string of the molecule is Cc1cc(OCC2(C(=O)O)CCC2)ncc1-c1ccc(/C(N)=N/C(=N)OC(C)C)nc1. The summed E-state index contributed by atoms with van der Waals surface area (Å²) in [7, 11) is 0. The van der Waals surface area contributed by atoms with Gasteiger partial charge in [0.05, 0.1) is 6.10 Å². The zero-order valence-electron chi connectivity index (χ0n) is 17.9. The van der Waals surface area contributed by atoms with Crippen LogP contribution >= 0.6 is 0 Å². The fourth-order valence-electron chi connectivity index (χ4n) is 3.27. The second kappa shape index (κ2) is 9.11. The second-order valence-corrected chi connectivity index (χ2v) is 7.97. The minimum Gasteiger partial charge on any atom is -0.481 e. The Balaban J connectivity index is 1.69. The summed E-state index contributed by atoms with van der Waals surface area (Å²) in [6.45, 7) is 5.65. The summed E-state index contributed by atoms with van der Waals surface area (Å²) in [6, 6.07) is 5.09. The molecule has 1 saturated carbocycles. The molecule has 0 aromatic carbocycles. The number of carboxylic acid groups (broad SMARTS) is 1. The smallest absolute Gasteiger partial charge is 0.313 e. The van der Waals surface area contributed by atoms with Crippen molar-refractivity contribution in [1.82, 2.24) is 9.97 Å². The third-order valence-corrected chi connectivity index (χ3v) is 5.25. The Morgan fingerprint density at radius 2 is 2.06 bits per heavy atom. The summed E-state index contributed by atoms with van der Waals surface area (Å²) >= 11 is 0. The molecule has 1 fully saturated rings. The Hall–Kier alpha value is -3.49. The number of pyridine rings is 2. The zero-order chi connectivity index (χ0) is 22.6. The molecular weight excluding hydrogens is 398 g/mol. The lowest BCUT2D eigenvalue weighted by molar-refractivity contribution is -0.157. The first kappa shape index (κ1) is 22.2. The molecule has 31 heavy (non-hydrogen) atoms. The van der Waals surface area contributed by atoms with E-state index in [1.807, 2.05) is 13.0 Å². The van der Waals surface area contributed by atoms with E-state index in [-0.39, 0.29) is 24.6 Å². The van der Waals surface area contributed by atoms with Crippen LogP contribution in [-0.2, 0) is 9.53 Å². The summed E-state index contributed by atoms with van der Waals surface area (Å²) < 4.78 is 10.9. The highest BCUT2D eigenvalue weighted by Crippen LogP contribution is 2.41. The number of hydrogen-bond donors (Lipinski definition) is 3. The highest BCUT2D eigenvalue weighted by molar-refractivity contribution is 6.01. The molecule has 0 radical (unpaired) electrons. The van der Waals surface area contributed by atoms with Crippen molar-refractivity contribution in [3.05, 3.63) is 41.9 Å². The van der Waals surface area contributed by atoms with Crippen molar-refractivity contribution in [3.8, 4) is 17.0 Å². The molecule has 0 atom stereocenters. The number of carbonyl (C=O) groups is 1. The quantitative estimate of drug-likeness (QED) is 0.456. The van der Waals surface area contributed by atoms with Crippen LogP contribution in [-0.4, -0.2) is 45.6 Å². The number of aryl methyl sites for hydroxylation is 1. The molecule has 2 heterocycles. The molecule has 0 spiro atoms. The van der Waals surface area contributed by atoms with Gasteiger partial charge in [-0.25, -0.2) is 10.4 Å². The molecule has 9 heteroatoms. The van der Waals surface area contributed by atoms with Crippen molar-refractivity contribution in [1.29, 1.82) is 5.41 Å². The number of aliphatic imine (C=N–C) groups is 1. The molecule has 0 amide bonds. The summed E-state index contributed by atoms with van der Waals surface area (Å²) in [4.78, 5) is 24.0. The summed E-state index contributed by atoms with van der Waals surface area (Å²) in [5, 5.41) is 17.1. The van der Waals surface area contributed by atoms with Crippen molar-refractivity contribution in [2.24, 2.45) is 16.1 Å². The molecule has 164 valence electrons. The molecule has 0 bridgehead atoms. The molecule has 2 aromatic heterocycles. The number of aromatic nitrogens is 2. The Bertz CT molecular complexity index is 997. The number of aliphatic carboxylic acids is 1. The van der Waals surface area contributed by atoms with Gasteiger partial charge < -0.3 is 20.3 Å². The number of ether oxygens (including phenoxy) is 2. The minimum absolute atomic E-state index is 0.0964. The number of hydrogen-bond acceptors (Lipinski definition) is 6. The van der Waals surface area contributed by atoms with Gasteiger partial charge in [-0.3, -0.25) is 9.78 Å². The monoisotopic (exact) mass is 425 g/mol. The largest absolute Gasteiger partial charge is 0.481 e. The number of carboxylic acids is 1. The van der Waals surface area contributed by atoms with Gasteiger partial charge in [-0.15, -0.1) is 0 Å². The van der Waals surface area contributed by atoms with E-state index in [1.54, 1.807) is 38.4 Å². The van der Waals surface area contributed by atoms with Gasteiger partial charge in [-0.2, -0.15) is 4.99 Å². The Morgan fingerprint density at radius 1 is 1.32 bits per heavy atom. The van der Waals surface area contributed by atoms with Crippen LogP contribution in [0.5, 0.6) is 5.88 Å². The standard InChI is InChI=1S/C22H27N5O4/c1-13(2)31-21(24)27-19(23)17-6-5-15(10-25-17)16-11-26-18(9-14(16)3)30-12-22(20(28)29)7-4-8-22/h5-6,9-11,13H,4,7-8,12H2,1-3H3,(H,28,29)(H3,23,24,27). The van der Waals surface area contributed by atoms with Gasteiger partial charge in [-0.1, -0.05) is 12.5 Å². The van der Waals surface area contributed by atoms with Gasteiger partial charge in [0.25, 0.3) is 0 Å². The van der Waals surface area contributed by atoms with E-state index in [4.69, 9.17) is 20.6 Å². The molecule has 0 unspecified atom stereocenters. The van der Waals surface area contributed by atoms with Crippen molar-refractivity contribution in [2.45, 2.75) is 46.1 Å². The lowest BCUT2D eigenvalue weighted by atomic mass is 9.69. The number of nitrogens with zero attached hydrogens (tertiary/aromatic N) is 3. The van der Waals surface area contributed by atoms with E-state index >= 15 is 0 Å². The van der Waals surface area contributed by atoms with Gasteiger partial charge in [0.15, 0.2) is 5.84 Å². The van der Waals surface area contributed by atoms with Gasteiger partial charge in [0.2, 0.25) is 5.88 Å². The van der Waals surface area contributed by atoms with Gasteiger partial charge >= 0.3 is 12.0 Å². The first-order valence-corrected chi connectivity index (χ1v) is 10.1. The van der Waals surface area contributed by atoms with Crippen LogP contribution in [0, 0.1) is 17.7 Å². The Kier molecular flexibility index (Phi) is 6.53. The molecule has 2 aromatic rings. The van der Waals surface area contributed by atoms with Gasteiger partial charge in [-0.05, 0) is 45.2 Å². The maximum atomic E-state index is 11.5. The van der Waals surface area contributed by atoms with Gasteiger partial charge in [0.1, 0.15) is 17.7 Å². The molecule has 0 aliphatic heterocycles. The molecular formula is C22H27N5O4. The van der Waals surface area contributed by atoms with E-state index in [2.05, 4.69) is 15.0 Å². The van der Waals surface area contributed by atoms with E-state index < -0.39 is 11.4 Å². The number of nitrogens with two attached hydrogens (primary N) is 1. The molecule has 9 nitrogen and oxygen atoms in total. The van der Waals surface area contributed by atoms with Crippen LogP contribution < -0.4 is 10.5 Å². The van der Waals surface area contributed by atoms with Crippen LogP contribution in [0.2, 0.25) is 0 Å². The number of nitrogens with one attached hydrogen (secondary N) is 1. The molecule has 3 rings (SSSR count). The van der Waals surface area contributed by atoms with Crippen LogP contribution in [0.25, 0.3) is 11.1 Å². The molecule has 4 N–H and O–H groups in total.